The third-order valence-electron chi connectivity index (χ3n) is 2.30. The standard InChI is InChI=1S/C10H21NO5S/c1-4-11(7-8-15-2)17(13,14)9-5-6-10(12)16-3/h4-9H2,1-3H3. The van der Waals surface area contributed by atoms with E-state index in [-0.39, 0.29) is 24.6 Å². The van der Waals surface area contributed by atoms with Gasteiger partial charge in [-0.1, -0.05) is 6.92 Å². The molecule has 0 N–H and O–H groups in total. The van der Waals surface area contributed by atoms with Gasteiger partial charge >= 0.3 is 5.97 Å². The van der Waals surface area contributed by atoms with Crippen molar-refractivity contribution in [3.8, 4) is 0 Å². The summed E-state index contributed by atoms with van der Waals surface area (Å²) in [6.45, 7) is 2.88. The van der Waals surface area contributed by atoms with Crippen molar-refractivity contribution in [1.29, 1.82) is 0 Å². The average Bonchev–Trinajstić information content (AvgIpc) is 2.29. The maximum absolute atomic E-state index is 11.9. The molecule has 0 rings (SSSR count). The quantitative estimate of drug-likeness (QED) is 0.559. The number of methoxy groups -OCH3 is 2. The Kier molecular flexibility index (Phi) is 8.11. The van der Waals surface area contributed by atoms with E-state index < -0.39 is 10.0 Å². The highest BCUT2D eigenvalue weighted by Crippen LogP contribution is 2.05. The second-order valence-electron chi connectivity index (χ2n) is 3.48. The summed E-state index contributed by atoms with van der Waals surface area (Å²) >= 11 is 0. The number of sulfonamides is 1. The molecular formula is C10H21NO5S. The SMILES string of the molecule is CCN(CCOC)S(=O)(=O)CCCC(=O)OC. The van der Waals surface area contributed by atoms with Crippen LogP contribution in [-0.4, -0.2) is 58.4 Å². The van der Waals surface area contributed by atoms with Gasteiger partial charge in [-0.3, -0.25) is 4.79 Å². The Bertz CT molecular complexity index is 315. The van der Waals surface area contributed by atoms with Gasteiger partial charge in [0, 0.05) is 26.6 Å². The van der Waals surface area contributed by atoms with Crippen LogP contribution in [0.25, 0.3) is 0 Å². The van der Waals surface area contributed by atoms with Crippen molar-refractivity contribution >= 4 is 16.0 Å². The molecule has 0 saturated carbocycles. The molecule has 0 aromatic carbocycles. The van der Waals surface area contributed by atoms with E-state index in [4.69, 9.17) is 4.74 Å². The summed E-state index contributed by atoms with van der Waals surface area (Å²) in [6.07, 6.45) is 0.399. The topological polar surface area (TPSA) is 72.9 Å². The van der Waals surface area contributed by atoms with Gasteiger partial charge in [-0.15, -0.1) is 0 Å². The molecule has 0 bridgehead atoms. The average molecular weight is 267 g/mol. The molecule has 0 heterocycles. The van der Waals surface area contributed by atoms with Crippen LogP contribution in [-0.2, 0) is 24.3 Å². The number of carbonyl (C=O) groups is 1. The molecule has 0 aliphatic rings. The van der Waals surface area contributed by atoms with Crippen LogP contribution in [0.15, 0.2) is 0 Å². The number of likely N-dealkylation sites (N-methyl/N-ethyl adjacent to an activating group) is 1. The first-order chi connectivity index (χ1) is 7.97. The number of rotatable bonds is 9. The monoisotopic (exact) mass is 267 g/mol. The van der Waals surface area contributed by atoms with Crippen molar-refractivity contribution in [1.82, 2.24) is 4.31 Å². The summed E-state index contributed by atoms with van der Waals surface area (Å²) in [5.74, 6) is -0.431. The van der Waals surface area contributed by atoms with E-state index in [0.29, 0.717) is 19.7 Å². The molecule has 7 heteroatoms. The van der Waals surface area contributed by atoms with Crippen molar-refractivity contribution in [3.05, 3.63) is 0 Å². The van der Waals surface area contributed by atoms with Gasteiger partial charge in [-0.05, 0) is 6.42 Å². The van der Waals surface area contributed by atoms with Crippen LogP contribution in [0.1, 0.15) is 19.8 Å². The molecule has 0 amide bonds. The highest BCUT2D eigenvalue weighted by atomic mass is 32.2. The lowest BCUT2D eigenvalue weighted by Gasteiger charge is -2.19. The zero-order valence-corrected chi connectivity index (χ0v) is 11.5. The lowest BCUT2D eigenvalue weighted by Crippen LogP contribution is -2.35. The normalized spacial score (nSPS) is 11.8. The van der Waals surface area contributed by atoms with Crippen LogP contribution < -0.4 is 0 Å². The van der Waals surface area contributed by atoms with Gasteiger partial charge < -0.3 is 9.47 Å². The van der Waals surface area contributed by atoms with Crippen molar-refractivity contribution < 1.29 is 22.7 Å². The summed E-state index contributed by atoms with van der Waals surface area (Å²) in [5, 5.41) is 0. The van der Waals surface area contributed by atoms with Crippen molar-refractivity contribution in [2.24, 2.45) is 0 Å². The zero-order valence-electron chi connectivity index (χ0n) is 10.6. The first-order valence-corrected chi connectivity index (χ1v) is 7.12. The highest BCUT2D eigenvalue weighted by molar-refractivity contribution is 7.89. The maximum Gasteiger partial charge on any atom is 0.305 e. The molecule has 0 spiro atoms. The molecule has 102 valence electrons. The molecule has 0 unspecified atom stereocenters. The Morgan fingerprint density at radius 2 is 1.94 bits per heavy atom. The number of hydrogen-bond donors (Lipinski definition) is 0. The van der Waals surface area contributed by atoms with E-state index >= 15 is 0 Å². The number of ether oxygens (including phenoxy) is 2. The Morgan fingerprint density at radius 3 is 2.41 bits per heavy atom. The smallest absolute Gasteiger partial charge is 0.305 e. The van der Waals surface area contributed by atoms with Crippen molar-refractivity contribution in [2.45, 2.75) is 19.8 Å². The Morgan fingerprint density at radius 1 is 1.29 bits per heavy atom. The van der Waals surface area contributed by atoms with E-state index in [1.807, 2.05) is 0 Å². The number of esters is 1. The van der Waals surface area contributed by atoms with Crippen molar-refractivity contribution in [3.63, 3.8) is 0 Å². The first kappa shape index (κ1) is 16.3. The molecule has 0 saturated heterocycles. The predicted octanol–water partition coefficient (Wildman–Crippen LogP) is 0.238. The largest absolute Gasteiger partial charge is 0.469 e. The number of hydrogen-bond acceptors (Lipinski definition) is 5. The molecule has 0 fully saturated rings. The minimum Gasteiger partial charge on any atom is -0.469 e. The van der Waals surface area contributed by atoms with Gasteiger partial charge in [0.25, 0.3) is 0 Å². The van der Waals surface area contributed by atoms with Gasteiger partial charge in [0.2, 0.25) is 10.0 Å². The lowest BCUT2D eigenvalue weighted by molar-refractivity contribution is -0.140. The summed E-state index contributed by atoms with van der Waals surface area (Å²) in [4.78, 5) is 10.9. The Hall–Kier alpha value is -0.660. The molecule has 0 aliphatic heterocycles. The number of nitrogens with zero attached hydrogens (tertiary/aromatic N) is 1. The maximum atomic E-state index is 11.9. The summed E-state index contributed by atoms with van der Waals surface area (Å²) < 4.78 is 34.4. The highest BCUT2D eigenvalue weighted by Gasteiger charge is 2.20. The van der Waals surface area contributed by atoms with Crippen LogP contribution in [0.5, 0.6) is 0 Å². The van der Waals surface area contributed by atoms with Crippen molar-refractivity contribution in [2.75, 3.05) is 39.7 Å². The summed E-state index contributed by atoms with van der Waals surface area (Å²) in [7, 11) is -0.492. The van der Waals surface area contributed by atoms with Gasteiger partial charge in [-0.25, -0.2) is 8.42 Å². The fourth-order valence-electron chi connectivity index (χ4n) is 1.32. The second kappa shape index (κ2) is 8.43. The molecule has 6 nitrogen and oxygen atoms in total. The second-order valence-corrected chi connectivity index (χ2v) is 5.57. The number of carbonyl (C=O) groups excluding carboxylic acids is 1. The molecule has 0 radical (unpaired) electrons. The van der Waals surface area contributed by atoms with E-state index in [9.17, 15) is 13.2 Å². The fourth-order valence-corrected chi connectivity index (χ4v) is 2.83. The van der Waals surface area contributed by atoms with Gasteiger partial charge in [0.05, 0.1) is 19.5 Å². The summed E-state index contributed by atoms with van der Waals surface area (Å²) in [5.41, 5.74) is 0. The van der Waals surface area contributed by atoms with Crippen LogP contribution in [0.2, 0.25) is 0 Å². The van der Waals surface area contributed by atoms with E-state index in [1.165, 1.54) is 18.5 Å². The minimum absolute atomic E-state index is 0.0420. The molecular weight excluding hydrogens is 246 g/mol. The Labute approximate surface area is 103 Å². The molecule has 17 heavy (non-hydrogen) atoms. The molecule has 0 aromatic heterocycles. The molecule has 0 atom stereocenters. The summed E-state index contributed by atoms with van der Waals surface area (Å²) in [6, 6.07) is 0. The van der Waals surface area contributed by atoms with E-state index in [0.717, 1.165) is 0 Å². The third-order valence-corrected chi connectivity index (χ3v) is 4.33. The van der Waals surface area contributed by atoms with E-state index in [1.54, 1.807) is 6.92 Å². The van der Waals surface area contributed by atoms with Crippen LogP contribution in [0, 0.1) is 0 Å². The van der Waals surface area contributed by atoms with Crippen LogP contribution in [0.4, 0.5) is 0 Å². The zero-order chi connectivity index (χ0) is 13.3. The van der Waals surface area contributed by atoms with Gasteiger partial charge in [0.1, 0.15) is 0 Å². The molecule has 0 aromatic rings. The Balaban J connectivity index is 4.19. The van der Waals surface area contributed by atoms with Crippen LogP contribution >= 0.6 is 0 Å². The van der Waals surface area contributed by atoms with Gasteiger partial charge in [0.15, 0.2) is 0 Å². The third kappa shape index (κ3) is 6.60. The predicted molar refractivity (Wildman–Crippen MR) is 64.2 cm³/mol. The van der Waals surface area contributed by atoms with Crippen LogP contribution in [0.3, 0.4) is 0 Å². The minimum atomic E-state index is -3.30. The van der Waals surface area contributed by atoms with E-state index in [2.05, 4.69) is 4.74 Å². The molecule has 0 aliphatic carbocycles. The lowest BCUT2D eigenvalue weighted by atomic mass is 10.3. The fraction of sp³-hybridized carbons (Fsp3) is 0.900. The first-order valence-electron chi connectivity index (χ1n) is 5.51. The van der Waals surface area contributed by atoms with Gasteiger partial charge in [-0.2, -0.15) is 4.31 Å².